The summed E-state index contributed by atoms with van der Waals surface area (Å²) in [5.74, 6) is -0.740. The lowest BCUT2D eigenvalue weighted by Crippen LogP contribution is -2.35. The zero-order valence-corrected chi connectivity index (χ0v) is 15.2. The van der Waals surface area contributed by atoms with Crippen LogP contribution in [0.1, 0.15) is 28.8 Å². The van der Waals surface area contributed by atoms with Gasteiger partial charge in [0, 0.05) is 30.2 Å². The molecule has 0 spiro atoms. The molecule has 1 unspecified atom stereocenters. The maximum atomic E-state index is 13.2. The van der Waals surface area contributed by atoms with Crippen LogP contribution in [0.15, 0.2) is 42.7 Å². The second kappa shape index (κ2) is 7.38. The summed E-state index contributed by atoms with van der Waals surface area (Å²) in [5.41, 5.74) is -0.813. The molecule has 2 heterocycles. The van der Waals surface area contributed by atoms with E-state index >= 15 is 0 Å². The van der Waals surface area contributed by atoms with Crippen LogP contribution >= 0.6 is 0 Å². The van der Waals surface area contributed by atoms with Crippen LogP contribution in [-0.4, -0.2) is 36.9 Å². The van der Waals surface area contributed by atoms with Crippen molar-refractivity contribution in [2.45, 2.75) is 19.0 Å². The third-order valence-electron chi connectivity index (χ3n) is 4.52. The normalized spacial score (nSPS) is 19.6. The van der Waals surface area contributed by atoms with Crippen molar-refractivity contribution < 1.29 is 26.4 Å². The van der Waals surface area contributed by atoms with E-state index in [9.17, 15) is 26.4 Å². The Hall–Kier alpha value is -2.29. The summed E-state index contributed by atoms with van der Waals surface area (Å²) in [6.45, 7) is 0.118. The van der Waals surface area contributed by atoms with Crippen molar-refractivity contribution in [3.63, 3.8) is 0 Å². The maximum absolute atomic E-state index is 13.2. The SMILES string of the molecule is O=C(NCC1CCCS(=O)(=O)C1)c1cc(-n2cccc2)cc(C(F)(F)F)c1. The quantitative estimate of drug-likeness (QED) is 0.858. The lowest BCUT2D eigenvalue weighted by molar-refractivity contribution is -0.137. The van der Waals surface area contributed by atoms with Crippen LogP contribution < -0.4 is 5.32 Å². The van der Waals surface area contributed by atoms with E-state index < -0.39 is 27.5 Å². The minimum atomic E-state index is -4.59. The number of sulfone groups is 1. The van der Waals surface area contributed by atoms with Crippen molar-refractivity contribution in [3.8, 4) is 5.69 Å². The van der Waals surface area contributed by atoms with Gasteiger partial charge in [-0.15, -0.1) is 0 Å². The second-order valence-electron chi connectivity index (χ2n) is 6.69. The molecule has 5 nitrogen and oxygen atoms in total. The van der Waals surface area contributed by atoms with E-state index in [2.05, 4.69) is 5.32 Å². The number of nitrogens with zero attached hydrogens (tertiary/aromatic N) is 1. The van der Waals surface area contributed by atoms with Crippen molar-refractivity contribution >= 4 is 15.7 Å². The van der Waals surface area contributed by atoms with E-state index in [0.29, 0.717) is 12.8 Å². The van der Waals surface area contributed by atoms with E-state index in [0.717, 1.165) is 12.1 Å². The predicted octanol–water partition coefficient (Wildman–Crippen LogP) is 3.05. The smallest absolute Gasteiger partial charge is 0.352 e. The van der Waals surface area contributed by atoms with Gasteiger partial charge in [-0.2, -0.15) is 13.2 Å². The fourth-order valence-corrected chi connectivity index (χ4v) is 4.96. The van der Waals surface area contributed by atoms with Gasteiger partial charge in [0.25, 0.3) is 5.91 Å². The molecule has 9 heteroatoms. The van der Waals surface area contributed by atoms with Crippen molar-refractivity contribution in [1.82, 2.24) is 9.88 Å². The van der Waals surface area contributed by atoms with E-state index in [1.54, 1.807) is 24.5 Å². The fraction of sp³-hybridized carbons (Fsp3) is 0.389. The molecular weight excluding hydrogens is 381 g/mol. The van der Waals surface area contributed by atoms with Crippen molar-refractivity contribution in [3.05, 3.63) is 53.9 Å². The number of alkyl halides is 3. The summed E-state index contributed by atoms with van der Waals surface area (Å²) in [5, 5.41) is 2.58. The fourth-order valence-electron chi connectivity index (χ4n) is 3.18. The molecule has 1 fully saturated rings. The number of amides is 1. The zero-order chi connectivity index (χ0) is 19.7. The highest BCUT2D eigenvalue weighted by Gasteiger charge is 2.32. The van der Waals surface area contributed by atoms with E-state index in [1.807, 2.05) is 0 Å². The first kappa shape index (κ1) is 19.5. The molecular formula is C18H19F3N2O3S. The van der Waals surface area contributed by atoms with Gasteiger partial charge in [0.2, 0.25) is 0 Å². The van der Waals surface area contributed by atoms with Crippen LogP contribution in [0, 0.1) is 5.92 Å². The molecule has 1 aliphatic heterocycles. The summed E-state index contributed by atoms with van der Waals surface area (Å²) in [7, 11) is -3.11. The van der Waals surface area contributed by atoms with Gasteiger partial charge in [0.05, 0.1) is 17.1 Å². The molecule has 1 amide bonds. The van der Waals surface area contributed by atoms with Crippen LogP contribution in [-0.2, 0) is 16.0 Å². The van der Waals surface area contributed by atoms with E-state index in [-0.39, 0.29) is 35.2 Å². The topological polar surface area (TPSA) is 68.2 Å². The first-order valence-corrected chi connectivity index (χ1v) is 10.3. The molecule has 0 aliphatic carbocycles. The highest BCUT2D eigenvalue weighted by atomic mass is 32.2. The molecule has 1 aliphatic rings. The first-order valence-electron chi connectivity index (χ1n) is 8.48. The molecule has 0 radical (unpaired) electrons. The highest BCUT2D eigenvalue weighted by Crippen LogP contribution is 2.31. The van der Waals surface area contributed by atoms with Gasteiger partial charge < -0.3 is 9.88 Å². The summed E-state index contributed by atoms with van der Waals surface area (Å²) in [4.78, 5) is 12.4. The molecule has 1 N–H and O–H groups in total. The number of aromatic nitrogens is 1. The number of benzene rings is 1. The van der Waals surface area contributed by atoms with Crippen molar-refractivity contribution in [2.24, 2.45) is 5.92 Å². The van der Waals surface area contributed by atoms with Crippen LogP contribution in [0.2, 0.25) is 0 Å². The number of nitrogens with one attached hydrogen (secondary N) is 1. The van der Waals surface area contributed by atoms with Crippen LogP contribution in [0.25, 0.3) is 5.69 Å². The summed E-state index contributed by atoms with van der Waals surface area (Å²) >= 11 is 0. The van der Waals surface area contributed by atoms with Gasteiger partial charge in [0.15, 0.2) is 9.84 Å². The predicted molar refractivity (Wildman–Crippen MR) is 94.5 cm³/mol. The number of carbonyl (C=O) groups is 1. The number of carbonyl (C=O) groups excluding carboxylic acids is 1. The Balaban J connectivity index is 1.80. The number of hydrogen-bond acceptors (Lipinski definition) is 3. The number of hydrogen-bond donors (Lipinski definition) is 1. The third kappa shape index (κ3) is 4.91. The van der Waals surface area contributed by atoms with Gasteiger partial charge in [-0.25, -0.2) is 8.42 Å². The Morgan fingerprint density at radius 1 is 1.19 bits per heavy atom. The summed E-state index contributed by atoms with van der Waals surface area (Å²) < 4.78 is 64.4. The van der Waals surface area contributed by atoms with Gasteiger partial charge in [-0.1, -0.05) is 0 Å². The standard InChI is InChI=1S/C18H19F3N2O3S/c19-18(20,21)15-8-14(9-16(10-15)23-5-1-2-6-23)17(24)22-11-13-4-3-7-27(25,26)12-13/h1-2,5-6,8-10,13H,3-4,7,11-12H2,(H,22,24). The van der Waals surface area contributed by atoms with Gasteiger partial charge >= 0.3 is 6.18 Å². The minimum absolute atomic E-state index is 0.00944. The maximum Gasteiger partial charge on any atom is 0.416 e. The second-order valence-corrected chi connectivity index (χ2v) is 8.92. The monoisotopic (exact) mass is 400 g/mol. The summed E-state index contributed by atoms with van der Waals surface area (Å²) in [6.07, 6.45) is -0.218. The lowest BCUT2D eigenvalue weighted by Gasteiger charge is -2.22. The Morgan fingerprint density at radius 2 is 1.89 bits per heavy atom. The average Bonchev–Trinajstić information content (AvgIpc) is 3.12. The first-order chi connectivity index (χ1) is 12.6. The van der Waals surface area contributed by atoms with E-state index in [1.165, 1.54) is 10.6 Å². The highest BCUT2D eigenvalue weighted by molar-refractivity contribution is 7.91. The minimum Gasteiger partial charge on any atom is -0.352 e. The van der Waals surface area contributed by atoms with E-state index in [4.69, 9.17) is 0 Å². The van der Waals surface area contributed by atoms with Gasteiger partial charge in [-0.3, -0.25) is 4.79 Å². The summed E-state index contributed by atoms with van der Waals surface area (Å²) in [6, 6.07) is 6.50. The van der Waals surface area contributed by atoms with Crippen LogP contribution in [0.3, 0.4) is 0 Å². The number of rotatable bonds is 4. The third-order valence-corrected chi connectivity index (χ3v) is 6.41. The molecule has 1 atom stereocenters. The molecule has 3 rings (SSSR count). The largest absolute Gasteiger partial charge is 0.416 e. The Bertz CT molecular complexity index is 922. The van der Waals surface area contributed by atoms with Crippen LogP contribution in [0.4, 0.5) is 13.2 Å². The molecule has 146 valence electrons. The lowest BCUT2D eigenvalue weighted by atomic mass is 10.0. The Morgan fingerprint density at radius 3 is 2.52 bits per heavy atom. The Labute approximate surface area is 155 Å². The molecule has 1 aromatic heterocycles. The van der Waals surface area contributed by atoms with Crippen molar-refractivity contribution in [2.75, 3.05) is 18.1 Å². The zero-order valence-electron chi connectivity index (χ0n) is 14.4. The average molecular weight is 400 g/mol. The Kier molecular flexibility index (Phi) is 5.32. The molecule has 1 saturated heterocycles. The molecule has 0 saturated carbocycles. The van der Waals surface area contributed by atoms with Crippen molar-refractivity contribution in [1.29, 1.82) is 0 Å². The van der Waals surface area contributed by atoms with Gasteiger partial charge in [0.1, 0.15) is 0 Å². The number of halogens is 3. The molecule has 1 aromatic carbocycles. The van der Waals surface area contributed by atoms with Crippen LogP contribution in [0.5, 0.6) is 0 Å². The molecule has 0 bridgehead atoms. The molecule has 27 heavy (non-hydrogen) atoms. The van der Waals surface area contributed by atoms with Gasteiger partial charge in [-0.05, 0) is 49.1 Å². The molecule has 2 aromatic rings.